The van der Waals surface area contributed by atoms with Gasteiger partial charge < -0.3 is 4.57 Å². The highest BCUT2D eigenvalue weighted by molar-refractivity contribution is 5.80. The molecule has 0 saturated carbocycles. The smallest absolute Gasteiger partial charge is 0.143 e. The molecular formula is C19H14FN3. The molecule has 0 atom stereocenters. The number of hydrogen-bond acceptors (Lipinski definition) is 2. The number of hydrogen-bond donors (Lipinski definition) is 0. The molecule has 4 rings (SSSR count). The first kappa shape index (κ1) is 13.6. The fraction of sp³-hybridized carbons (Fsp3) is 0.0526. The van der Waals surface area contributed by atoms with Crippen molar-refractivity contribution >= 4 is 11.0 Å². The first-order chi connectivity index (χ1) is 11.3. The zero-order valence-electron chi connectivity index (χ0n) is 12.4. The van der Waals surface area contributed by atoms with Gasteiger partial charge in [-0.25, -0.2) is 9.37 Å². The van der Waals surface area contributed by atoms with E-state index in [1.165, 1.54) is 6.07 Å². The van der Waals surface area contributed by atoms with Gasteiger partial charge >= 0.3 is 0 Å². The van der Waals surface area contributed by atoms with Gasteiger partial charge in [-0.05, 0) is 42.0 Å². The molecule has 0 aliphatic carbocycles. The first-order valence-electron chi connectivity index (χ1n) is 7.41. The van der Waals surface area contributed by atoms with Gasteiger partial charge in [0.1, 0.15) is 11.6 Å². The number of halogens is 1. The summed E-state index contributed by atoms with van der Waals surface area (Å²) in [5, 5.41) is 0. The van der Waals surface area contributed by atoms with Crippen LogP contribution in [0.4, 0.5) is 4.39 Å². The van der Waals surface area contributed by atoms with Gasteiger partial charge in [0.05, 0.1) is 11.0 Å². The van der Waals surface area contributed by atoms with Gasteiger partial charge in [-0.2, -0.15) is 0 Å². The molecule has 0 amide bonds. The molecule has 2 aromatic carbocycles. The second-order valence-corrected chi connectivity index (χ2v) is 5.38. The number of nitrogens with zero attached hydrogens (tertiary/aromatic N) is 3. The number of fused-ring (bicyclic) bond motifs is 1. The largest absolute Gasteiger partial charge is 0.319 e. The fourth-order valence-electron chi connectivity index (χ4n) is 2.77. The molecule has 0 N–H and O–H groups in total. The summed E-state index contributed by atoms with van der Waals surface area (Å²) in [7, 11) is 0. The molecule has 4 heteroatoms. The zero-order valence-corrected chi connectivity index (χ0v) is 12.4. The summed E-state index contributed by atoms with van der Waals surface area (Å²) in [6, 6.07) is 18.5. The number of para-hydroxylation sites is 2. The number of rotatable bonds is 3. The van der Waals surface area contributed by atoms with Gasteiger partial charge in [-0.15, -0.1) is 0 Å². The molecule has 2 heterocycles. The van der Waals surface area contributed by atoms with Crippen LogP contribution in [0.1, 0.15) is 5.56 Å². The number of benzene rings is 2. The first-order valence-corrected chi connectivity index (χ1v) is 7.41. The van der Waals surface area contributed by atoms with Crippen molar-refractivity contribution in [1.29, 1.82) is 0 Å². The van der Waals surface area contributed by atoms with Crippen LogP contribution in [0.2, 0.25) is 0 Å². The van der Waals surface area contributed by atoms with Crippen molar-refractivity contribution in [3.63, 3.8) is 0 Å². The summed E-state index contributed by atoms with van der Waals surface area (Å²) < 4.78 is 15.6. The third-order valence-corrected chi connectivity index (χ3v) is 3.80. The van der Waals surface area contributed by atoms with Gasteiger partial charge in [-0.3, -0.25) is 4.98 Å². The monoisotopic (exact) mass is 303 g/mol. The van der Waals surface area contributed by atoms with Crippen LogP contribution in [0.5, 0.6) is 0 Å². The summed E-state index contributed by atoms with van der Waals surface area (Å²) in [6.07, 6.45) is 3.53. The van der Waals surface area contributed by atoms with E-state index >= 15 is 0 Å². The number of pyridine rings is 1. The Morgan fingerprint density at radius 3 is 2.70 bits per heavy atom. The molecule has 0 aliphatic heterocycles. The van der Waals surface area contributed by atoms with Crippen LogP contribution in [0, 0.1) is 5.82 Å². The minimum absolute atomic E-state index is 0.227. The Morgan fingerprint density at radius 2 is 1.87 bits per heavy atom. The standard InChI is InChI=1S/C19H14FN3/c20-16-7-3-5-14(11-16)13-23-18-9-2-1-8-17(18)22-19(23)15-6-4-10-21-12-15/h1-12H,13H2. The van der Waals surface area contributed by atoms with E-state index in [1.54, 1.807) is 24.5 Å². The molecule has 0 saturated heterocycles. The van der Waals surface area contributed by atoms with E-state index in [1.807, 2.05) is 42.5 Å². The van der Waals surface area contributed by atoms with Crippen molar-refractivity contribution < 1.29 is 4.39 Å². The van der Waals surface area contributed by atoms with Crippen LogP contribution >= 0.6 is 0 Å². The summed E-state index contributed by atoms with van der Waals surface area (Å²) in [4.78, 5) is 8.91. The van der Waals surface area contributed by atoms with Crippen LogP contribution in [0.3, 0.4) is 0 Å². The van der Waals surface area contributed by atoms with Crippen LogP contribution in [0.15, 0.2) is 73.1 Å². The maximum atomic E-state index is 13.5. The van der Waals surface area contributed by atoms with Crippen LogP contribution < -0.4 is 0 Å². The van der Waals surface area contributed by atoms with Crippen molar-refractivity contribution in [3.05, 3.63) is 84.4 Å². The maximum absolute atomic E-state index is 13.5. The molecule has 0 unspecified atom stereocenters. The highest BCUT2D eigenvalue weighted by Crippen LogP contribution is 2.25. The van der Waals surface area contributed by atoms with Gasteiger partial charge in [0.25, 0.3) is 0 Å². The Labute approximate surface area is 133 Å². The average Bonchev–Trinajstić information content (AvgIpc) is 2.95. The molecule has 23 heavy (non-hydrogen) atoms. The normalized spacial score (nSPS) is 11.0. The topological polar surface area (TPSA) is 30.7 Å². The van der Waals surface area contributed by atoms with Crippen molar-refractivity contribution in [2.45, 2.75) is 6.54 Å². The predicted octanol–water partition coefficient (Wildman–Crippen LogP) is 4.29. The Morgan fingerprint density at radius 1 is 0.957 bits per heavy atom. The Bertz CT molecular complexity index is 961. The second-order valence-electron chi connectivity index (χ2n) is 5.38. The van der Waals surface area contributed by atoms with Gasteiger partial charge in [0.2, 0.25) is 0 Å². The highest BCUT2D eigenvalue weighted by atomic mass is 19.1. The summed E-state index contributed by atoms with van der Waals surface area (Å²) >= 11 is 0. The predicted molar refractivity (Wildman–Crippen MR) is 88.5 cm³/mol. The van der Waals surface area contributed by atoms with Crippen molar-refractivity contribution in [2.75, 3.05) is 0 Å². The molecule has 0 radical (unpaired) electrons. The second kappa shape index (κ2) is 5.65. The molecule has 3 nitrogen and oxygen atoms in total. The molecule has 112 valence electrons. The van der Waals surface area contributed by atoms with Crippen LogP contribution in [-0.4, -0.2) is 14.5 Å². The molecule has 0 bridgehead atoms. The number of imidazole rings is 1. The summed E-state index contributed by atoms with van der Waals surface area (Å²) in [5.41, 5.74) is 3.79. The lowest BCUT2D eigenvalue weighted by Gasteiger charge is -2.09. The summed E-state index contributed by atoms with van der Waals surface area (Å²) in [6.45, 7) is 0.558. The average molecular weight is 303 g/mol. The van der Waals surface area contributed by atoms with Crippen LogP contribution in [-0.2, 0) is 6.54 Å². The van der Waals surface area contributed by atoms with Gasteiger partial charge in [0, 0.05) is 24.5 Å². The minimum atomic E-state index is -0.227. The molecule has 0 aliphatic rings. The van der Waals surface area contributed by atoms with Crippen molar-refractivity contribution in [2.24, 2.45) is 0 Å². The lowest BCUT2D eigenvalue weighted by molar-refractivity contribution is 0.624. The van der Waals surface area contributed by atoms with E-state index < -0.39 is 0 Å². The van der Waals surface area contributed by atoms with E-state index in [4.69, 9.17) is 4.98 Å². The quantitative estimate of drug-likeness (QED) is 0.565. The number of aromatic nitrogens is 3. The molecule has 0 fully saturated rings. The zero-order chi connectivity index (χ0) is 15.6. The lowest BCUT2D eigenvalue weighted by Crippen LogP contribution is -2.02. The third kappa shape index (κ3) is 2.59. The van der Waals surface area contributed by atoms with Gasteiger partial charge in [0.15, 0.2) is 0 Å². The Hall–Kier alpha value is -3.01. The highest BCUT2D eigenvalue weighted by Gasteiger charge is 2.13. The molecular weight excluding hydrogens is 289 g/mol. The van der Waals surface area contributed by atoms with E-state index in [0.717, 1.165) is 28.0 Å². The van der Waals surface area contributed by atoms with E-state index in [-0.39, 0.29) is 5.82 Å². The summed E-state index contributed by atoms with van der Waals surface area (Å²) in [5.74, 6) is 0.610. The third-order valence-electron chi connectivity index (χ3n) is 3.80. The minimum Gasteiger partial charge on any atom is -0.319 e. The molecule has 0 spiro atoms. The van der Waals surface area contributed by atoms with Crippen LogP contribution in [0.25, 0.3) is 22.4 Å². The van der Waals surface area contributed by atoms with Crippen molar-refractivity contribution in [1.82, 2.24) is 14.5 Å². The van der Waals surface area contributed by atoms with Gasteiger partial charge in [-0.1, -0.05) is 24.3 Å². The fourth-order valence-corrected chi connectivity index (χ4v) is 2.77. The SMILES string of the molecule is Fc1cccc(Cn2c(-c3cccnc3)nc3ccccc32)c1. The van der Waals surface area contributed by atoms with Crippen molar-refractivity contribution in [3.8, 4) is 11.4 Å². The Balaban J connectivity index is 1.89. The molecule has 2 aromatic heterocycles. The maximum Gasteiger partial charge on any atom is 0.143 e. The molecule has 4 aromatic rings. The van der Waals surface area contributed by atoms with E-state index in [2.05, 4.69) is 9.55 Å². The Kier molecular flexibility index (Phi) is 3.35. The van der Waals surface area contributed by atoms with E-state index in [0.29, 0.717) is 6.54 Å². The lowest BCUT2D eigenvalue weighted by atomic mass is 10.2. The van der Waals surface area contributed by atoms with E-state index in [9.17, 15) is 4.39 Å².